The number of amides is 1. The van der Waals surface area contributed by atoms with E-state index in [0.29, 0.717) is 0 Å². The molecule has 0 atom stereocenters. The number of rotatable bonds is 4. The molecule has 5 heteroatoms. The van der Waals surface area contributed by atoms with Crippen LogP contribution in [0.25, 0.3) is 0 Å². The zero-order chi connectivity index (χ0) is 13.8. The molecule has 102 valence electrons. The Hall–Kier alpha value is -2.04. The topological polar surface area (TPSA) is 77.8 Å². The van der Waals surface area contributed by atoms with Crippen LogP contribution >= 0.6 is 0 Å². The van der Waals surface area contributed by atoms with Crippen molar-refractivity contribution in [3.05, 3.63) is 29.8 Å². The number of hydrogen-bond donors (Lipinski definition) is 2. The quantitative estimate of drug-likeness (QED) is 0.869. The Bertz CT molecular complexity index is 480. The van der Waals surface area contributed by atoms with Gasteiger partial charge in [0.1, 0.15) is 12.3 Å². The van der Waals surface area contributed by atoms with E-state index < -0.39 is 11.9 Å². The first-order valence-corrected chi connectivity index (χ1v) is 6.40. The minimum atomic E-state index is -1.03. The standard InChI is InChI=1S/C14H17NO4/c16-12-8-4-3-7-11(12)14(19)15(9-13(17)18)10-5-1-2-6-10/h3-4,7-8,10,16H,1-2,5-6,9H2,(H,17,18). The molecule has 1 fully saturated rings. The van der Waals surface area contributed by atoms with Gasteiger partial charge in [0, 0.05) is 6.04 Å². The van der Waals surface area contributed by atoms with E-state index in [1.807, 2.05) is 0 Å². The zero-order valence-corrected chi connectivity index (χ0v) is 10.6. The maximum atomic E-state index is 12.4. The first kappa shape index (κ1) is 13.4. The fraction of sp³-hybridized carbons (Fsp3) is 0.429. The molecule has 2 N–H and O–H groups in total. The highest BCUT2D eigenvalue weighted by Gasteiger charge is 2.30. The molecular formula is C14H17NO4. The molecular weight excluding hydrogens is 246 g/mol. The number of phenols is 1. The van der Waals surface area contributed by atoms with Gasteiger partial charge in [-0.15, -0.1) is 0 Å². The summed E-state index contributed by atoms with van der Waals surface area (Å²) in [6.45, 7) is -0.322. The molecule has 0 bridgehead atoms. The monoisotopic (exact) mass is 263 g/mol. The van der Waals surface area contributed by atoms with Crippen molar-refractivity contribution < 1.29 is 19.8 Å². The molecule has 1 aromatic rings. The van der Waals surface area contributed by atoms with Gasteiger partial charge in [-0.25, -0.2) is 0 Å². The van der Waals surface area contributed by atoms with Crippen molar-refractivity contribution >= 4 is 11.9 Å². The van der Waals surface area contributed by atoms with Crippen LogP contribution in [-0.4, -0.2) is 39.6 Å². The first-order chi connectivity index (χ1) is 9.09. The van der Waals surface area contributed by atoms with E-state index in [1.54, 1.807) is 12.1 Å². The van der Waals surface area contributed by atoms with E-state index >= 15 is 0 Å². The van der Waals surface area contributed by atoms with Crippen LogP contribution in [0, 0.1) is 0 Å². The molecule has 0 aromatic heterocycles. The molecule has 0 unspecified atom stereocenters. The molecule has 1 aromatic carbocycles. The predicted octanol–water partition coefficient (Wildman–Crippen LogP) is 1.86. The van der Waals surface area contributed by atoms with Crippen LogP contribution in [0.3, 0.4) is 0 Å². The van der Waals surface area contributed by atoms with Gasteiger partial charge in [-0.1, -0.05) is 25.0 Å². The van der Waals surface area contributed by atoms with E-state index in [0.717, 1.165) is 25.7 Å². The number of carbonyl (C=O) groups is 2. The summed E-state index contributed by atoms with van der Waals surface area (Å²) in [7, 11) is 0. The number of nitrogens with zero attached hydrogens (tertiary/aromatic N) is 1. The molecule has 0 saturated heterocycles. The average molecular weight is 263 g/mol. The van der Waals surface area contributed by atoms with E-state index in [4.69, 9.17) is 5.11 Å². The van der Waals surface area contributed by atoms with Gasteiger partial charge < -0.3 is 15.1 Å². The molecule has 0 radical (unpaired) electrons. The van der Waals surface area contributed by atoms with Gasteiger partial charge in [-0.2, -0.15) is 0 Å². The summed E-state index contributed by atoms with van der Waals surface area (Å²) in [5, 5.41) is 18.7. The summed E-state index contributed by atoms with van der Waals surface area (Å²) in [6.07, 6.45) is 3.67. The number of aromatic hydroxyl groups is 1. The van der Waals surface area contributed by atoms with Crippen molar-refractivity contribution in [2.75, 3.05) is 6.54 Å². The molecule has 1 saturated carbocycles. The Morgan fingerprint density at radius 1 is 1.21 bits per heavy atom. The molecule has 2 rings (SSSR count). The molecule has 1 amide bonds. The molecule has 0 heterocycles. The Morgan fingerprint density at radius 3 is 2.42 bits per heavy atom. The Labute approximate surface area is 111 Å². The fourth-order valence-electron chi connectivity index (χ4n) is 2.54. The minimum absolute atomic E-state index is 0.0387. The number of phenolic OH excluding ortho intramolecular Hbond substituents is 1. The van der Waals surface area contributed by atoms with Crippen molar-refractivity contribution in [2.45, 2.75) is 31.7 Å². The molecule has 0 spiro atoms. The Balaban J connectivity index is 2.24. The molecule has 0 aliphatic heterocycles. The van der Waals surface area contributed by atoms with Gasteiger partial charge in [-0.3, -0.25) is 9.59 Å². The molecule has 1 aliphatic rings. The summed E-state index contributed by atoms with van der Waals surface area (Å²) in [4.78, 5) is 24.7. The number of para-hydroxylation sites is 1. The summed E-state index contributed by atoms with van der Waals surface area (Å²) in [5.41, 5.74) is 0.163. The number of carbonyl (C=O) groups excluding carboxylic acids is 1. The molecule has 1 aliphatic carbocycles. The number of hydrogen-bond acceptors (Lipinski definition) is 3. The second-order valence-corrected chi connectivity index (χ2v) is 4.78. The van der Waals surface area contributed by atoms with E-state index in [1.165, 1.54) is 17.0 Å². The third-order valence-corrected chi connectivity index (χ3v) is 3.47. The van der Waals surface area contributed by atoms with Gasteiger partial charge in [0.25, 0.3) is 5.91 Å². The van der Waals surface area contributed by atoms with E-state index in [-0.39, 0.29) is 23.9 Å². The van der Waals surface area contributed by atoms with Crippen molar-refractivity contribution in [3.63, 3.8) is 0 Å². The molecule has 19 heavy (non-hydrogen) atoms. The Kier molecular flexibility index (Phi) is 4.04. The smallest absolute Gasteiger partial charge is 0.323 e. The van der Waals surface area contributed by atoms with Crippen LogP contribution in [0.2, 0.25) is 0 Å². The third kappa shape index (κ3) is 3.05. The predicted molar refractivity (Wildman–Crippen MR) is 69.0 cm³/mol. The van der Waals surface area contributed by atoms with Gasteiger partial charge in [-0.05, 0) is 25.0 Å². The first-order valence-electron chi connectivity index (χ1n) is 6.40. The van der Waals surface area contributed by atoms with E-state index in [2.05, 4.69) is 0 Å². The van der Waals surface area contributed by atoms with Crippen LogP contribution in [0.4, 0.5) is 0 Å². The highest BCUT2D eigenvalue weighted by Crippen LogP contribution is 2.26. The second-order valence-electron chi connectivity index (χ2n) is 4.78. The van der Waals surface area contributed by atoms with Crippen molar-refractivity contribution in [3.8, 4) is 5.75 Å². The summed E-state index contributed by atoms with van der Waals surface area (Å²) < 4.78 is 0. The van der Waals surface area contributed by atoms with Gasteiger partial charge in [0.15, 0.2) is 0 Å². The second kappa shape index (κ2) is 5.73. The Morgan fingerprint density at radius 2 is 1.84 bits per heavy atom. The summed E-state index contributed by atoms with van der Waals surface area (Å²) in [6, 6.07) is 6.19. The lowest BCUT2D eigenvalue weighted by atomic mass is 10.1. The lowest BCUT2D eigenvalue weighted by molar-refractivity contribution is -0.138. The fourth-order valence-corrected chi connectivity index (χ4v) is 2.54. The maximum absolute atomic E-state index is 12.4. The minimum Gasteiger partial charge on any atom is -0.507 e. The number of aliphatic carboxylic acids is 1. The van der Waals surface area contributed by atoms with Crippen LogP contribution in [-0.2, 0) is 4.79 Å². The van der Waals surface area contributed by atoms with Crippen LogP contribution in [0.15, 0.2) is 24.3 Å². The average Bonchev–Trinajstić information content (AvgIpc) is 2.89. The number of carboxylic acids is 1. The third-order valence-electron chi connectivity index (χ3n) is 3.47. The SMILES string of the molecule is O=C(O)CN(C(=O)c1ccccc1O)C1CCCC1. The van der Waals surface area contributed by atoms with Gasteiger partial charge in [0.05, 0.1) is 5.56 Å². The number of benzene rings is 1. The zero-order valence-electron chi connectivity index (χ0n) is 10.6. The van der Waals surface area contributed by atoms with Crippen LogP contribution < -0.4 is 0 Å². The normalized spacial score (nSPS) is 15.4. The van der Waals surface area contributed by atoms with Crippen LogP contribution in [0.1, 0.15) is 36.0 Å². The van der Waals surface area contributed by atoms with Crippen molar-refractivity contribution in [1.29, 1.82) is 0 Å². The summed E-state index contributed by atoms with van der Waals surface area (Å²) in [5.74, 6) is -1.55. The lowest BCUT2D eigenvalue weighted by Gasteiger charge is -2.27. The highest BCUT2D eigenvalue weighted by molar-refractivity contribution is 5.98. The van der Waals surface area contributed by atoms with Crippen molar-refractivity contribution in [2.24, 2.45) is 0 Å². The largest absolute Gasteiger partial charge is 0.507 e. The number of carboxylic acid groups (broad SMARTS) is 1. The van der Waals surface area contributed by atoms with Crippen LogP contribution in [0.5, 0.6) is 5.75 Å². The van der Waals surface area contributed by atoms with Crippen molar-refractivity contribution in [1.82, 2.24) is 4.90 Å². The van der Waals surface area contributed by atoms with Gasteiger partial charge in [0.2, 0.25) is 0 Å². The summed E-state index contributed by atoms with van der Waals surface area (Å²) >= 11 is 0. The highest BCUT2D eigenvalue weighted by atomic mass is 16.4. The van der Waals surface area contributed by atoms with E-state index in [9.17, 15) is 14.7 Å². The molecule has 5 nitrogen and oxygen atoms in total. The lowest BCUT2D eigenvalue weighted by Crippen LogP contribution is -2.42. The van der Waals surface area contributed by atoms with Gasteiger partial charge >= 0.3 is 5.97 Å². The maximum Gasteiger partial charge on any atom is 0.323 e.